The number of carbonyl (C=O) groups is 3. The molecule has 3 N–H and O–H groups in total. The molecule has 0 saturated heterocycles. The molecule has 1 aromatic carbocycles. The van der Waals surface area contributed by atoms with Crippen molar-refractivity contribution >= 4 is 40.1 Å². The van der Waals surface area contributed by atoms with Crippen molar-refractivity contribution in [3.8, 4) is 11.5 Å². The molecule has 0 unspecified atom stereocenters. The summed E-state index contributed by atoms with van der Waals surface area (Å²) in [5.41, 5.74) is 8.92. The highest BCUT2D eigenvalue weighted by atomic mass is 127. The van der Waals surface area contributed by atoms with E-state index in [1.165, 1.54) is 7.11 Å². The number of Topliss-reactive ketones (excluding diaryl/α,β-unsaturated/α-hetero) is 2. The first-order valence-corrected chi connectivity index (χ1v) is 12.5. The van der Waals surface area contributed by atoms with E-state index in [1.807, 2.05) is 12.1 Å². The third kappa shape index (κ3) is 4.61. The molecule has 0 fully saturated rings. The van der Waals surface area contributed by atoms with Crippen molar-refractivity contribution < 1.29 is 23.9 Å². The van der Waals surface area contributed by atoms with Crippen LogP contribution in [0.1, 0.15) is 64.9 Å². The fourth-order valence-corrected chi connectivity index (χ4v) is 6.19. The molecule has 1 amide bonds. The van der Waals surface area contributed by atoms with Gasteiger partial charge in [-0.05, 0) is 64.0 Å². The Labute approximate surface area is 213 Å². The number of rotatable bonds is 5. The van der Waals surface area contributed by atoms with Crippen molar-refractivity contribution in [2.45, 2.75) is 59.3 Å². The number of allylic oxidation sites excluding steroid dienone is 4. The maximum atomic E-state index is 13.5. The van der Waals surface area contributed by atoms with E-state index in [0.717, 1.165) is 29.8 Å². The molecule has 182 valence electrons. The summed E-state index contributed by atoms with van der Waals surface area (Å²) in [6.45, 7) is 8.12. The molecule has 0 atom stereocenters. The quantitative estimate of drug-likeness (QED) is 0.509. The van der Waals surface area contributed by atoms with Crippen molar-refractivity contribution in [2.24, 2.45) is 16.6 Å². The highest BCUT2D eigenvalue weighted by Gasteiger charge is 2.46. The topological polar surface area (TPSA) is 108 Å². The van der Waals surface area contributed by atoms with Crippen LogP contribution in [-0.2, 0) is 14.4 Å². The number of dihydropyridines is 1. The number of benzene rings is 1. The van der Waals surface area contributed by atoms with Gasteiger partial charge in [-0.15, -0.1) is 0 Å². The summed E-state index contributed by atoms with van der Waals surface area (Å²) in [5, 5.41) is 3.52. The minimum absolute atomic E-state index is 0.0657. The molecule has 0 spiro atoms. The lowest BCUT2D eigenvalue weighted by atomic mass is 9.64. The van der Waals surface area contributed by atoms with E-state index in [9.17, 15) is 14.4 Å². The zero-order chi connectivity index (χ0) is 25.0. The number of ketones is 2. The van der Waals surface area contributed by atoms with Crippen molar-refractivity contribution in [3.05, 3.63) is 43.8 Å². The molecule has 0 aromatic heterocycles. The number of ether oxygens (including phenoxy) is 2. The molecule has 1 aromatic rings. The van der Waals surface area contributed by atoms with Gasteiger partial charge in [0.15, 0.2) is 29.7 Å². The lowest BCUT2D eigenvalue weighted by Gasteiger charge is -2.44. The van der Waals surface area contributed by atoms with Gasteiger partial charge in [-0.25, -0.2) is 0 Å². The first-order chi connectivity index (χ1) is 15.8. The van der Waals surface area contributed by atoms with Crippen molar-refractivity contribution in [1.29, 1.82) is 0 Å². The highest BCUT2D eigenvalue weighted by molar-refractivity contribution is 14.1. The van der Waals surface area contributed by atoms with Gasteiger partial charge in [-0.3, -0.25) is 14.4 Å². The van der Waals surface area contributed by atoms with Crippen LogP contribution in [0.5, 0.6) is 11.5 Å². The molecule has 0 bridgehead atoms. The summed E-state index contributed by atoms with van der Waals surface area (Å²) in [5.74, 6) is -0.0814. The molecule has 1 heterocycles. The molecule has 8 heteroatoms. The molecule has 34 heavy (non-hydrogen) atoms. The molecule has 3 aliphatic rings. The van der Waals surface area contributed by atoms with Crippen LogP contribution in [0, 0.1) is 14.4 Å². The van der Waals surface area contributed by atoms with Gasteiger partial charge in [-0.1, -0.05) is 27.7 Å². The first-order valence-electron chi connectivity index (χ1n) is 11.4. The van der Waals surface area contributed by atoms with Crippen LogP contribution in [0.2, 0.25) is 0 Å². The summed E-state index contributed by atoms with van der Waals surface area (Å²) in [7, 11) is 1.52. The predicted octanol–water partition coefficient (Wildman–Crippen LogP) is 4.14. The summed E-state index contributed by atoms with van der Waals surface area (Å²) in [6, 6.07) is 3.72. The lowest BCUT2D eigenvalue weighted by molar-refractivity contribution is -0.120. The number of halogens is 1. The largest absolute Gasteiger partial charge is 0.493 e. The molecule has 0 radical (unpaired) electrons. The Kier molecular flexibility index (Phi) is 6.33. The third-order valence-corrected chi connectivity index (χ3v) is 7.46. The number of primary amides is 1. The Bertz CT molecular complexity index is 1110. The zero-order valence-electron chi connectivity index (χ0n) is 20.3. The van der Waals surface area contributed by atoms with E-state index < -0.39 is 11.8 Å². The Hall–Kier alpha value is -2.36. The fraction of sp³-hybridized carbons (Fsp3) is 0.500. The van der Waals surface area contributed by atoms with E-state index >= 15 is 0 Å². The highest BCUT2D eigenvalue weighted by Crippen LogP contribution is 2.52. The number of hydrogen-bond acceptors (Lipinski definition) is 6. The number of hydrogen-bond donors (Lipinski definition) is 2. The second-order valence-electron chi connectivity index (χ2n) is 11.0. The zero-order valence-corrected chi connectivity index (χ0v) is 22.4. The van der Waals surface area contributed by atoms with Crippen molar-refractivity contribution in [2.75, 3.05) is 13.7 Å². The number of nitrogens with one attached hydrogen (secondary N) is 1. The van der Waals surface area contributed by atoms with Crippen molar-refractivity contribution in [1.82, 2.24) is 5.32 Å². The lowest BCUT2D eigenvalue weighted by Crippen LogP contribution is -2.42. The van der Waals surface area contributed by atoms with E-state index in [1.54, 1.807) is 0 Å². The summed E-state index contributed by atoms with van der Waals surface area (Å²) >= 11 is 2.12. The predicted molar refractivity (Wildman–Crippen MR) is 136 cm³/mol. The molecule has 0 saturated carbocycles. The molecule has 7 nitrogen and oxygen atoms in total. The summed E-state index contributed by atoms with van der Waals surface area (Å²) in [6.07, 6.45) is 2.34. The summed E-state index contributed by atoms with van der Waals surface area (Å²) in [4.78, 5) is 38.2. The van der Waals surface area contributed by atoms with Gasteiger partial charge in [0.05, 0.1) is 10.7 Å². The molecule has 2 aliphatic carbocycles. The van der Waals surface area contributed by atoms with Gasteiger partial charge in [0, 0.05) is 41.3 Å². The minimum Gasteiger partial charge on any atom is -0.493 e. The average Bonchev–Trinajstić information content (AvgIpc) is 2.68. The van der Waals surface area contributed by atoms with Gasteiger partial charge in [-0.2, -0.15) is 0 Å². The van der Waals surface area contributed by atoms with Crippen LogP contribution >= 0.6 is 22.6 Å². The first kappa shape index (κ1) is 24.8. The number of methoxy groups -OCH3 is 1. The van der Waals surface area contributed by atoms with E-state index in [4.69, 9.17) is 15.2 Å². The standard InChI is InChI=1S/C26H31IN2O5/c1-25(2)8-15-22(17(30)10-25)21(23-16(29-15)9-26(3,4)11-18(23)31)13-6-14(27)24(19(7-13)33-5)34-12-20(28)32/h6-7,21,29H,8-12H2,1-5H3,(H2,28,32). The third-order valence-electron chi connectivity index (χ3n) is 6.66. The van der Waals surface area contributed by atoms with Crippen molar-refractivity contribution in [3.63, 3.8) is 0 Å². The minimum atomic E-state index is -0.587. The molecular formula is C26H31IN2O5. The number of nitrogens with two attached hydrogens (primary N) is 1. The van der Waals surface area contributed by atoms with Gasteiger partial charge >= 0.3 is 0 Å². The summed E-state index contributed by atoms with van der Waals surface area (Å²) < 4.78 is 11.9. The Balaban J connectivity index is 1.90. The molecular weight excluding hydrogens is 547 g/mol. The molecule has 4 rings (SSSR count). The van der Waals surface area contributed by atoms with Crippen LogP contribution < -0.4 is 20.5 Å². The second-order valence-corrected chi connectivity index (χ2v) is 12.2. The maximum absolute atomic E-state index is 13.5. The van der Waals surface area contributed by atoms with E-state index in [-0.39, 0.29) is 29.0 Å². The van der Waals surface area contributed by atoms with Gasteiger partial charge in [0.2, 0.25) is 0 Å². The van der Waals surface area contributed by atoms with Crippen LogP contribution in [0.4, 0.5) is 0 Å². The smallest absolute Gasteiger partial charge is 0.255 e. The SMILES string of the molecule is COc1cc(C2C3=C(CC(C)(C)CC3=O)NC3=C2C(=O)CC(C)(C)C3)cc(I)c1OCC(N)=O. The second kappa shape index (κ2) is 8.70. The van der Waals surface area contributed by atoms with E-state index in [2.05, 4.69) is 55.6 Å². The average molecular weight is 578 g/mol. The normalized spacial score (nSPS) is 21.6. The van der Waals surface area contributed by atoms with Gasteiger partial charge < -0.3 is 20.5 Å². The van der Waals surface area contributed by atoms with Crippen LogP contribution in [0.25, 0.3) is 0 Å². The monoisotopic (exact) mass is 578 g/mol. The van der Waals surface area contributed by atoms with Gasteiger partial charge in [0.25, 0.3) is 5.91 Å². The number of carbonyl (C=O) groups excluding carboxylic acids is 3. The van der Waals surface area contributed by atoms with E-state index in [0.29, 0.717) is 39.1 Å². The molecule has 1 aliphatic heterocycles. The number of amides is 1. The van der Waals surface area contributed by atoms with Crippen LogP contribution in [0.15, 0.2) is 34.7 Å². The Morgan fingerprint density at radius 2 is 1.56 bits per heavy atom. The fourth-order valence-electron chi connectivity index (χ4n) is 5.41. The van der Waals surface area contributed by atoms with Crippen LogP contribution in [0.3, 0.4) is 0 Å². The van der Waals surface area contributed by atoms with Gasteiger partial charge in [0.1, 0.15) is 0 Å². The van der Waals surface area contributed by atoms with Crippen LogP contribution in [-0.4, -0.2) is 31.2 Å². The maximum Gasteiger partial charge on any atom is 0.255 e. The Morgan fingerprint density at radius 3 is 2.03 bits per heavy atom. The Morgan fingerprint density at radius 1 is 1.03 bits per heavy atom.